The highest BCUT2D eigenvalue weighted by molar-refractivity contribution is 8.14. The number of phenolic OH excluding ortho intramolecular Hbond substituents is 1. The summed E-state index contributed by atoms with van der Waals surface area (Å²) in [7, 11) is 0. The van der Waals surface area contributed by atoms with E-state index in [9.17, 15) is 19.5 Å². The van der Waals surface area contributed by atoms with E-state index in [1.807, 2.05) is 0 Å². The predicted molar refractivity (Wildman–Crippen MR) is 114 cm³/mol. The van der Waals surface area contributed by atoms with Crippen molar-refractivity contribution in [3.05, 3.63) is 59.7 Å². The summed E-state index contributed by atoms with van der Waals surface area (Å²) < 4.78 is 0. The van der Waals surface area contributed by atoms with Crippen LogP contribution in [0.3, 0.4) is 0 Å². The third-order valence-electron chi connectivity index (χ3n) is 4.32. The summed E-state index contributed by atoms with van der Waals surface area (Å²) in [5.41, 5.74) is 7.54. The molecule has 0 aliphatic carbocycles. The van der Waals surface area contributed by atoms with Crippen LogP contribution in [0, 0.1) is 0 Å². The molecule has 1 saturated heterocycles. The third kappa shape index (κ3) is 4.66. The number of amidine groups is 1. The van der Waals surface area contributed by atoms with Crippen molar-refractivity contribution in [3.63, 3.8) is 0 Å². The van der Waals surface area contributed by atoms with Gasteiger partial charge in [0.2, 0.25) is 11.8 Å². The zero-order chi connectivity index (χ0) is 21.8. The monoisotopic (exact) mass is 426 g/mol. The van der Waals surface area contributed by atoms with Gasteiger partial charge < -0.3 is 15.9 Å². The number of anilines is 1. The van der Waals surface area contributed by atoms with Crippen molar-refractivity contribution in [3.8, 4) is 5.75 Å². The van der Waals surface area contributed by atoms with Gasteiger partial charge in [-0.2, -0.15) is 5.10 Å². The van der Waals surface area contributed by atoms with E-state index in [0.717, 1.165) is 22.2 Å². The van der Waals surface area contributed by atoms with Crippen LogP contribution in [0.4, 0.5) is 5.69 Å². The van der Waals surface area contributed by atoms with Gasteiger partial charge in [0, 0.05) is 6.42 Å². The molecule has 0 radical (unpaired) electrons. The average Bonchev–Trinajstić information content (AvgIpc) is 2.99. The van der Waals surface area contributed by atoms with E-state index in [1.54, 1.807) is 19.1 Å². The number of carbonyl (C=O) groups excluding carboxylic acids is 2. The van der Waals surface area contributed by atoms with Crippen molar-refractivity contribution < 1.29 is 24.6 Å². The normalized spacial score (nSPS) is 17.5. The lowest BCUT2D eigenvalue weighted by atomic mass is 10.1. The van der Waals surface area contributed by atoms with Gasteiger partial charge in [-0.05, 0) is 61.0 Å². The molecule has 0 bridgehead atoms. The van der Waals surface area contributed by atoms with Gasteiger partial charge in [-0.25, -0.2) is 9.69 Å². The fraction of sp³-hybridized carbons (Fsp3) is 0.150. The first-order chi connectivity index (χ1) is 14.3. The highest BCUT2D eigenvalue weighted by atomic mass is 32.2. The van der Waals surface area contributed by atoms with Gasteiger partial charge in [0.1, 0.15) is 11.0 Å². The molecule has 3 rings (SSSR count). The average molecular weight is 426 g/mol. The van der Waals surface area contributed by atoms with Crippen molar-refractivity contribution >= 4 is 46.1 Å². The Kier molecular flexibility index (Phi) is 6.17. The Hall–Kier alpha value is -3.66. The van der Waals surface area contributed by atoms with Crippen LogP contribution in [-0.2, 0) is 9.59 Å². The maximum absolute atomic E-state index is 12.7. The van der Waals surface area contributed by atoms with E-state index in [2.05, 4.69) is 10.2 Å². The zero-order valence-corrected chi connectivity index (χ0v) is 16.7. The van der Waals surface area contributed by atoms with Crippen LogP contribution in [0.25, 0.3) is 0 Å². The standard InChI is InChI=1S/C20H18N4O5S/c1-11(12-4-8-15(25)9-5-12)22-23-20(21)30-16-10-17(26)24(18(16)27)14-6-2-13(3-7-14)19(28)29/h2-9,16,25H,10H2,1H3,(H2,21,23)(H,28,29)/b22-11-/t16-/m1/s1. The summed E-state index contributed by atoms with van der Waals surface area (Å²) in [5.74, 6) is -1.82. The fourth-order valence-electron chi connectivity index (χ4n) is 2.77. The first-order valence-electron chi connectivity index (χ1n) is 8.80. The molecule has 1 fully saturated rings. The number of amides is 2. The van der Waals surface area contributed by atoms with E-state index in [1.165, 1.54) is 36.4 Å². The Bertz CT molecular complexity index is 1050. The Morgan fingerprint density at radius 1 is 1.07 bits per heavy atom. The summed E-state index contributed by atoms with van der Waals surface area (Å²) in [6, 6.07) is 11.9. The van der Waals surface area contributed by atoms with Crippen molar-refractivity contribution in [1.82, 2.24) is 0 Å². The number of benzene rings is 2. The minimum absolute atomic E-state index is 0.0300. The SMILES string of the molecule is C/C(=N/N=C(N)S[C@@H]1CC(=O)N(c2ccc(C(=O)O)cc2)C1=O)c1ccc(O)cc1. The first kappa shape index (κ1) is 21.1. The molecule has 4 N–H and O–H groups in total. The molecule has 1 aliphatic rings. The molecule has 2 amide bonds. The number of carboxylic acid groups (broad SMARTS) is 1. The maximum Gasteiger partial charge on any atom is 0.335 e. The third-order valence-corrected chi connectivity index (χ3v) is 5.30. The Morgan fingerprint density at radius 3 is 2.27 bits per heavy atom. The molecular weight excluding hydrogens is 408 g/mol. The molecule has 30 heavy (non-hydrogen) atoms. The number of thioether (sulfide) groups is 1. The number of aromatic hydroxyl groups is 1. The number of carboxylic acids is 1. The van der Waals surface area contributed by atoms with Gasteiger partial charge in [-0.3, -0.25) is 9.59 Å². The zero-order valence-electron chi connectivity index (χ0n) is 15.8. The molecule has 10 heteroatoms. The Morgan fingerprint density at radius 2 is 1.67 bits per heavy atom. The van der Waals surface area contributed by atoms with Gasteiger partial charge in [-0.1, -0.05) is 11.8 Å². The summed E-state index contributed by atoms with van der Waals surface area (Å²) in [6.45, 7) is 1.72. The van der Waals surface area contributed by atoms with Crippen LogP contribution in [0.5, 0.6) is 5.75 Å². The molecule has 154 valence electrons. The largest absolute Gasteiger partial charge is 0.508 e. The lowest BCUT2D eigenvalue weighted by Crippen LogP contribution is -2.31. The molecule has 0 unspecified atom stereocenters. The van der Waals surface area contributed by atoms with Crippen LogP contribution in [0.1, 0.15) is 29.3 Å². The summed E-state index contributed by atoms with van der Waals surface area (Å²) >= 11 is 0.940. The minimum Gasteiger partial charge on any atom is -0.508 e. The van der Waals surface area contributed by atoms with Crippen LogP contribution >= 0.6 is 11.8 Å². The highest BCUT2D eigenvalue weighted by Gasteiger charge is 2.40. The molecule has 1 atom stereocenters. The molecule has 1 aliphatic heterocycles. The topological polar surface area (TPSA) is 146 Å². The predicted octanol–water partition coefficient (Wildman–Crippen LogP) is 2.19. The van der Waals surface area contributed by atoms with Gasteiger partial charge >= 0.3 is 5.97 Å². The second kappa shape index (κ2) is 8.78. The molecule has 2 aromatic carbocycles. The lowest BCUT2D eigenvalue weighted by molar-refractivity contribution is -0.121. The Labute approximate surface area is 175 Å². The number of hydrogen-bond donors (Lipinski definition) is 3. The van der Waals surface area contributed by atoms with E-state index >= 15 is 0 Å². The number of aromatic carboxylic acids is 1. The van der Waals surface area contributed by atoms with E-state index in [0.29, 0.717) is 11.4 Å². The number of hydrogen-bond acceptors (Lipinski definition) is 7. The van der Waals surface area contributed by atoms with Crippen LogP contribution < -0.4 is 10.6 Å². The van der Waals surface area contributed by atoms with Gasteiger partial charge in [-0.15, -0.1) is 5.10 Å². The number of rotatable bonds is 5. The van der Waals surface area contributed by atoms with Crippen LogP contribution in [0.2, 0.25) is 0 Å². The van der Waals surface area contributed by atoms with Gasteiger partial charge in [0.25, 0.3) is 0 Å². The summed E-state index contributed by atoms with van der Waals surface area (Å²) in [6.07, 6.45) is -0.0545. The second-order valence-corrected chi connectivity index (χ2v) is 7.62. The molecule has 0 aromatic heterocycles. The smallest absolute Gasteiger partial charge is 0.335 e. The molecule has 0 spiro atoms. The van der Waals surface area contributed by atoms with Crippen LogP contribution in [0.15, 0.2) is 58.7 Å². The van der Waals surface area contributed by atoms with Gasteiger partial charge in [0.05, 0.1) is 17.0 Å². The molecule has 9 nitrogen and oxygen atoms in total. The minimum atomic E-state index is -1.10. The van der Waals surface area contributed by atoms with E-state index in [-0.39, 0.29) is 22.9 Å². The van der Waals surface area contributed by atoms with E-state index in [4.69, 9.17) is 10.8 Å². The number of carbonyl (C=O) groups is 3. The van der Waals surface area contributed by atoms with Gasteiger partial charge in [0.15, 0.2) is 5.17 Å². The molecular formula is C20H18N4O5S. The Balaban J connectivity index is 1.69. The highest BCUT2D eigenvalue weighted by Crippen LogP contribution is 2.30. The number of nitrogens with two attached hydrogens (primary N) is 1. The quantitative estimate of drug-likeness (QED) is 0.287. The summed E-state index contributed by atoms with van der Waals surface area (Å²) in [5, 5.41) is 25.5. The van der Waals surface area contributed by atoms with Crippen LogP contribution in [-0.4, -0.2) is 44.1 Å². The molecule has 0 saturated carbocycles. The molecule has 2 aromatic rings. The second-order valence-electron chi connectivity index (χ2n) is 6.40. The van der Waals surface area contributed by atoms with E-state index < -0.39 is 23.0 Å². The van der Waals surface area contributed by atoms with Crippen molar-refractivity contribution in [2.75, 3.05) is 4.90 Å². The maximum atomic E-state index is 12.7. The fourth-order valence-corrected chi connectivity index (χ4v) is 3.59. The lowest BCUT2D eigenvalue weighted by Gasteiger charge is -2.14. The van der Waals surface area contributed by atoms with Crippen molar-refractivity contribution in [1.29, 1.82) is 0 Å². The number of nitrogens with zero attached hydrogens (tertiary/aromatic N) is 3. The summed E-state index contributed by atoms with van der Waals surface area (Å²) in [4.78, 5) is 36.9. The first-order valence-corrected chi connectivity index (χ1v) is 9.68. The molecule has 1 heterocycles. The van der Waals surface area contributed by atoms with Crippen molar-refractivity contribution in [2.45, 2.75) is 18.6 Å². The van der Waals surface area contributed by atoms with Crippen molar-refractivity contribution in [2.24, 2.45) is 15.9 Å². The number of imide groups is 1. The number of phenols is 1.